The summed E-state index contributed by atoms with van der Waals surface area (Å²) in [6.45, 7) is 2.85. The van der Waals surface area contributed by atoms with Gasteiger partial charge in [0.15, 0.2) is 11.5 Å². The highest BCUT2D eigenvalue weighted by molar-refractivity contribution is 5.82. The lowest BCUT2D eigenvalue weighted by atomic mass is 10.2. The van der Waals surface area contributed by atoms with Crippen molar-refractivity contribution >= 4 is 12.3 Å². The van der Waals surface area contributed by atoms with Crippen molar-refractivity contribution in [2.75, 3.05) is 6.61 Å². The van der Waals surface area contributed by atoms with Crippen LogP contribution >= 0.6 is 0 Å². The first-order valence-electron chi connectivity index (χ1n) is 9.68. The molecular weight excluding hydrogens is 380 g/mol. The standard InChI is InChI=1S/C24H24N2O4/c1-2-28-24(27)26-25-16-21-13-14-22(29-17-19-9-5-3-6-10-19)23(15-21)30-18-20-11-7-4-8-12-20/h3-16H,2,17-18H2,1H3,(H,26,27)/b25-16+. The third-order valence-corrected chi connectivity index (χ3v) is 4.09. The smallest absolute Gasteiger partial charge is 0.427 e. The Hall–Kier alpha value is -3.80. The molecule has 0 aromatic heterocycles. The van der Waals surface area contributed by atoms with Crippen LogP contribution in [0.25, 0.3) is 0 Å². The second-order valence-electron chi connectivity index (χ2n) is 6.35. The summed E-state index contributed by atoms with van der Waals surface area (Å²) in [6.07, 6.45) is 0.921. The van der Waals surface area contributed by atoms with Gasteiger partial charge in [-0.25, -0.2) is 10.2 Å². The zero-order valence-corrected chi connectivity index (χ0v) is 16.8. The van der Waals surface area contributed by atoms with E-state index in [1.165, 1.54) is 6.21 Å². The lowest BCUT2D eigenvalue weighted by Gasteiger charge is -2.14. The SMILES string of the molecule is CCOC(=O)N/N=C/c1ccc(OCc2ccccc2)c(OCc2ccccc2)c1. The number of carbonyl (C=O) groups excluding carboxylic acids is 1. The minimum Gasteiger partial charge on any atom is -0.485 e. The molecule has 0 radical (unpaired) electrons. The summed E-state index contributed by atoms with van der Waals surface area (Å²) >= 11 is 0. The number of ether oxygens (including phenoxy) is 3. The van der Waals surface area contributed by atoms with Crippen molar-refractivity contribution in [2.24, 2.45) is 5.10 Å². The highest BCUT2D eigenvalue weighted by Gasteiger charge is 2.08. The van der Waals surface area contributed by atoms with Crippen molar-refractivity contribution in [3.05, 3.63) is 95.6 Å². The maximum Gasteiger partial charge on any atom is 0.427 e. The zero-order valence-electron chi connectivity index (χ0n) is 16.8. The monoisotopic (exact) mass is 404 g/mol. The van der Waals surface area contributed by atoms with Gasteiger partial charge in [-0.15, -0.1) is 0 Å². The summed E-state index contributed by atoms with van der Waals surface area (Å²) in [5.74, 6) is 1.22. The van der Waals surface area contributed by atoms with Gasteiger partial charge in [-0.2, -0.15) is 5.10 Å². The molecule has 0 fully saturated rings. The van der Waals surface area contributed by atoms with Crippen molar-refractivity contribution in [3.8, 4) is 11.5 Å². The van der Waals surface area contributed by atoms with E-state index in [0.29, 0.717) is 24.7 Å². The third-order valence-electron chi connectivity index (χ3n) is 4.09. The topological polar surface area (TPSA) is 69.2 Å². The Morgan fingerprint density at radius 3 is 2.07 bits per heavy atom. The van der Waals surface area contributed by atoms with E-state index >= 15 is 0 Å². The van der Waals surface area contributed by atoms with E-state index in [1.807, 2.05) is 78.9 Å². The van der Waals surface area contributed by atoms with Gasteiger partial charge in [-0.1, -0.05) is 60.7 Å². The fourth-order valence-electron chi connectivity index (χ4n) is 2.63. The molecule has 3 aromatic carbocycles. The number of benzene rings is 3. The number of carbonyl (C=O) groups is 1. The van der Waals surface area contributed by atoms with Crippen LogP contribution in [0.4, 0.5) is 4.79 Å². The quantitative estimate of drug-likeness (QED) is 0.406. The molecule has 0 atom stereocenters. The molecule has 3 aromatic rings. The third kappa shape index (κ3) is 6.67. The van der Waals surface area contributed by atoms with Crippen molar-refractivity contribution in [1.29, 1.82) is 0 Å². The summed E-state index contributed by atoms with van der Waals surface area (Å²) in [5, 5.41) is 3.90. The van der Waals surface area contributed by atoms with Gasteiger partial charge in [0.2, 0.25) is 0 Å². The molecule has 0 heterocycles. The fraction of sp³-hybridized carbons (Fsp3) is 0.167. The predicted octanol–water partition coefficient (Wildman–Crippen LogP) is 4.92. The summed E-state index contributed by atoms with van der Waals surface area (Å²) in [5.41, 5.74) is 5.17. The van der Waals surface area contributed by atoms with E-state index < -0.39 is 6.09 Å². The van der Waals surface area contributed by atoms with Crippen LogP contribution < -0.4 is 14.9 Å². The molecule has 3 rings (SSSR count). The molecule has 0 aliphatic rings. The predicted molar refractivity (Wildman–Crippen MR) is 116 cm³/mol. The Labute approximate surface area is 176 Å². The highest BCUT2D eigenvalue weighted by atomic mass is 16.5. The molecule has 6 heteroatoms. The summed E-state index contributed by atoms with van der Waals surface area (Å²) in [4.78, 5) is 11.3. The zero-order chi connectivity index (χ0) is 21.0. The average Bonchev–Trinajstić information content (AvgIpc) is 2.78. The molecule has 0 aliphatic carbocycles. The summed E-state index contributed by atoms with van der Waals surface area (Å²) < 4.78 is 16.8. The first kappa shape index (κ1) is 20.9. The number of nitrogens with one attached hydrogen (secondary N) is 1. The van der Waals surface area contributed by atoms with Crippen LogP contribution in [0, 0.1) is 0 Å². The molecule has 0 aliphatic heterocycles. The molecule has 1 N–H and O–H groups in total. The normalized spacial score (nSPS) is 10.6. The van der Waals surface area contributed by atoms with Gasteiger partial charge >= 0.3 is 6.09 Å². The van der Waals surface area contributed by atoms with Crippen LogP contribution in [-0.2, 0) is 18.0 Å². The average molecular weight is 404 g/mol. The van der Waals surface area contributed by atoms with Gasteiger partial charge in [0.25, 0.3) is 0 Å². The van der Waals surface area contributed by atoms with Gasteiger partial charge in [0.05, 0.1) is 12.8 Å². The van der Waals surface area contributed by atoms with Gasteiger partial charge in [-0.05, 0) is 41.8 Å². The maximum atomic E-state index is 11.3. The van der Waals surface area contributed by atoms with Crippen LogP contribution in [0.2, 0.25) is 0 Å². The minimum absolute atomic E-state index is 0.284. The molecule has 0 saturated carbocycles. The molecular formula is C24H24N2O4. The maximum absolute atomic E-state index is 11.3. The Kier molecular flexibility index (Phi) is 7.85. The number of hydrogen-bond donors (Lipinski definition) is 1. The second kappa shape index (κ2) is 11.3. The van der Waals surface area contributed by atoms with Crippen molar-refractivity contribution in [2.45, 2.75) is 20.1 Å². The number of hydrogen-bond acceptors (Lipinski definition) is 5. The fourth-order valence-corrected chi connectivity index (χ4v) is 2.63. The van der Waals surface area contributed by atoms with E-state index in [4.69, 9.17) is 14.2 Å². The number of nitrogens with zero attached hydrogens (tertiary/aromatic N) is 1. The summed E-state index contributed by atoms with van der Waals surface area (Å²) in [6, 6.07) is 25.3. The van der Waals surface area contributed by atoms with Gasteiger partial charge in [0.1, 0.15) is 13.2 Å². The van der Waals surface area contributed by atoms with E-state index in [9.17, 15) is 4.79 Å². The Balaban J connectivity index is 1.72. The molecule has 0 unspecified atom stereocenters. The van der Waals surface area contributed by atoms with Crippen LogP contribution in [0.1, 0.15) is 23.6 Å². The van der Waals surface area contributed by atoms with Crippen LogP contribution in [0.15, 0.2) is 84.0 Å². The Morgan fingerprint density at radius 1 is 0.867 bits per heavy atom. The molecule has 6 nitrogen and oxygen atoms in total. The Bertz CT molecular complexity index is 959. The number of amides is 1. The van der Waals surface area contributed by atoms with Gasteiger partial charge < -0.3 is 14.2 Å². The number of hydrazone groups is 1. The van der Waals surface area contributed by atoms with Crippen LogP contribution in [0.3, 0.4) is 0 Å². The van der Waals surface area contributed by atoms with E-state index in [-0.39, 0.29) is 6.61 Å². The molecule has 154 valence electrons. The number of rotatable bonds is 9. The van der Waals surface area contributed by atoms with E-state index in [1.54, 1.807) is 6.92 Å². The summed E-state index contributed by atoms with van der Waals surface area (Å²) in [7, 11) is 0. The van der Waals surface area contributed by atoms with Crippen molar-refractivity contribution in [1.82, 2.24) is 5.43 Å². The van der Waals surface area contributed by atoms with Crippen LogP contribution in [-0.4, -0.2) is 18.9 Å². The molecule has 1 amide bonds. The molecule has 0 spiro atoms. The minimum atomic E-state index is -0.600. The first-order chi connectivity index (χ1) is 14.7. The van der Waals surface area contributed by atoms with Gasteiger partial charge in [-0.3, -0.25) is 0 Å². The van der Waals surface area contributed by atoms with Crippen molar-refractivity contribution in [3.63, 3.8) is 0 Å². The van der Waals surface area contributed by atoms with Crippen LogP contribution in [0.5, 0.6) is 11.5 Å². The Morgan fingerprint density at radius 2 is 1.47 bits per heavy atom. The lowest BCUT2D eigenvalue weighted by Crippen LogP contribution is -2.18. The van der Waals surface area contributed by atoms with E-state index in [2.05, 4.69) is 10.5 Å². The highest BCUT2D eigenvalue weighted by Crippen LogP contribution is 2.29. The lowest BCUT2D eigenvalue weighted by molar-refractivity contribution is 0.152. The van der Waals surface area contributed by atoms with Crippen molar-refractivity contribution < 1.29 is 19.0 Å². The molecule has 30 heavy (non-hydrogen) atoms. The largest absolute Gasteiger partial charge is 0.485 e. The van der Waals surface area contributed by atoms with E-state index in [0.717, 1.165) is 16.7 Å². The first-order valence-corrected chi connectivity index (χ1v) is 9.68. The van der Waals surface area contributed by atoms with Gasteiger partial charge in [0, 0.05) is 0 Å². The molecule has 0 saturated heterocycles. The second-order valence-corrected chi connectivity index (χ2v) is 6.35. The molecule has 0 bridgehead atoms.